The lowest BCUT2D eigenvalue weighted by molar-refractivity contribution is -0.125. The Kier molecular flexibility index (Phi) is 5.69. The van der Waals surface area contributed by atoms with Crippen LogP contribution in [0.15, 0.2) is 41.6 Å². The molecule has 1 saturated carbocycles. The molecule has 1 fully saturated rings. The Hall–Kier alpha value is -3.03. The van der Waals surface area contributed by atoms with Crippen LogP contribution >= 0.6 is 0 Å². The van der Waals surface area contributed by atoms with Crippen molar-refractivity contribution in [1.29, 1.82) is 0 Å². The third-order valence-corrected chi connectivity index (χ3v) is 5.52. The molecule has 0 spiro atoms. The van der Waals surface area contributed by atoms with Crippen molar-refractivity contribution in [3.05, 3.63) is 58.5 Å². The Morgan fingerprint density at radius 2 is 2.00 bits per heavy atom. The summed E-state index contributed by atoms with van der Waals surface area (Å²) in [6.07, 6.45) is 8.25. The minimum atomic E-state index is -0.358. The third kappa shape index (κ3) is 4.21. The highest BCUT2D eigenvalue weighted by molar-refractivity contribution is 5.78. The zero-order valence-corrected chi connectivity index (χ0v) is 16.2. The van der Waals surface area contributed by atoms with Gasteiger partial charge in [-0.2, -0.15) is 5.10 Å². The molecule has 2 aromatic heterocycles. The number of amides is 1. The summed E-state index contributed by atoms with van der Waals surface area (Å²) in [5.41, 5.74) is 0.621. The number of carbonyl (C=O) groups is 1. The van der Waals surface area contributed by atoms with Crippen LogP contribution < -0.4 is 10.9 Å². The number of halogens is 1. The van der Waals surface area contributed by atoms with Gasteiger partial charge in [0.1, 0.15) is 17.5 Å². The maximum absolute atomic E-state index is 13.9. The molecule has 1 amide bonds. The van der Waals surface area contributed by atoms with Gasteiger partial charge in [-0.25, -0.2) is 14.1 Å². The first-order valence-corrected chi connectivity index (χ1v) is 10.1. The number of rotatable bonds is 6. The second-order valence-electron chi connectivity index (χ2n) is 7.50. The van der Waals surface area contributed by atoms with Crippen molar-refractivity contribution in [3.8, 4) is 0 Å². The molecule has 0 aliphatic heterocycles. The van der Waals surface area contributed by atoms with Crippen molar-refractivity contribution in [2.75, 3.05) is 6.54 Å². The van der Waals surface area contributed by atoms with Crippen molar-refractivity contribution in [2.45, 2.75) is 45.2 Å². The highest BCUT2D eigenvalue weighted by Crippen LogP contribution is 2.23. The highest BCUT2D eigenvalue weighted by atomic mass is 19.1. The Morgan fingerprint density at radius 1 is 1.21 bits per heavy atom. The monoisotopic (exact) mass is 397 g/mol. The Bertz CT molecular complexity index is 1070. The zero-order chi connectivity index (χ0) is 20.2. The number of aromatic nitrogens is 4. The lowest BCUT2D eigenvalue weighted by Crippen LogP contribution is -2.34. The summed E-state index contributed by atoms with van der Waals surface area (Å²) < 4.78 is 16.9. The summed E-state index contributed by atoms with van der Waals surface area (Å²) in [7, 11) is 0. The lowest BCUT2D eigenvalue weighted by Gasteiger charge is -2.20. The predicted octanol–water partition coefficient (Wildman–Crippen LogP) is 2.48. The molecular formula is C21H24FN5O2. The van der Waals surface area contributed by atoms with Crippen molar-refractivity contribution in [3.63, 3.8) is 0 Å². The number of benzene rings is 1. The second kappa shape index (κ2) is 8.55. The minimum Gasteiger partial charge on any atom is -0.354 e. The molecule has 29 heavy (non-hydrogen) atoms. The van der Waals surface area contributed by atoms with E-state index < -0.39 is 0 Å². The summed E-state index contributed by atoms with van der Waals surface area (Å²) in [6, 6.07) is 6.35. The summed E-state index contributed by atoms with van der Waals surface area (Å²) in [6.45, 7) is 0.981. The fraction of sp³-hybridized carbons (Fsp3) is 0.429. The first-order valence-electron chi connectivity index (χ1n) is 10.1. The molecule has 1 aliphatic rings. The molecule has 1 aliphatic carbocycles. The minimum absolute atomic E-state index is 0.0985. The van der Waals surface area contributed by atoms with Crippen LogP contribution in [0.25, 0.3) is 11.0 Å². The van der Waals surface area contributed by atoms with Gasteiger partial charge in [0.05, 0.1) is 19.3 Å². The van der Waals surface area contributed by atoms with Gasteiger partial charge in [0.2, 0.25) is 5.91 Å². The number of hydrogen-bond donors (Lipinski definition) is 1. The maximum Gasteiger partial charge on any atom is 0.264 e. The number of carbonyl (C=O) groups excluding carboxylic acids is 1. The van der Waals surface area contributed by atoms with E-state index in [4.69, 9.17) is 0 Å². The van der Waals surface area contributed by atoms with Crippen molar-refractivity contribution in [2.24, 2.45) is 5.92 Å². The summed E-state index contributed by atoms with van der Waals surface area (Å²) in [5, 5.41) is 7.59. The first-order chi connectivity index (χ1) is 14.1. The normalized spacial score (nSPS) is 14.9. The van der Waals surface area contributed by atoms with Crippen LogP contribution in [0.4, 0.5) is 4.39 Å². The van der Waals surface area contributed by atoms with Gasteiger partial charge in [-0.15, -0.1) is 0 Å². The third-order valence-electron chi connectivity index (χ3n) is 5.52. The maximum atomic E-state index is 13.9. The van der Waals surface area contributed by atoms with E-state index in [1.807, 2.05) is 0 Å². The van der Waals surface area contributed by atoms with Crippen LogP contribution in [0.2, 0.25) is 0 Å². The second-order valence-corrected chi connectivity index (χ2v) is 7.50. The number of nitrogens with one attached hydrogen (secondary N) is 1. The van der Waals surface area contributed by atoms with E-state index in [9.17, 15) is 14.0 Å². The predicted molar refractivity (Wildman–Crippen MR) is 107 cm³/mol. The van der Waals surface area contributed by atoms with Crippen molar-refractivity contribution in [1.82, 2.24) is 24.6 Å². The molecule has 4 rings (SSSR count). The topological polar surface area (TPSA) is 81.8 Å². The smallest absolute Gasteiger partial charge is 0.264 e. The summed E-state index contributed by atoms with van der Waals surface area (Å²) in [4.78, 5) is 29.3. The average Bonchev–Trinajstić information content (AvgIpc) is 3.16. The van der Waals surface area contributed by atoms with Crippen LogP contribution in [-0.4, -0.2) is 31.8 Å². The van der Waals surface area contributed by atoms with Crippen molar-refractivity contribution >= 4 is 16.9 Å². The molecule has 0 bridgehead atoms. The lowest BCUT2D eigenvalue weighted by atomic mass is 9.89. The Balaban J connectivity index is 1.44. The molecule has 1 N–H and O–H groups in total. The van der Waals surface area contributed by atoms with Crippen LogP contribution in [0.5, 0.6) is 0 Å². The van der Waals surface area contributed by atoms with E-state index in [1.54, 1.807) is 22.9 Å². The Labute approximate surface area is 167 Å². The molecule has 1 aromatic carbocycles. The molecule has 152 valence electrons. The molecule has 7 nitrogen and oxygen atoms in total. The van der Waals surface area contributed by atoms with Gasteiger partial charge in [-0.3, -0.25) is 14.2 Å². The number of nitrogens with zero attached hydrogens (tertiary/aromatic N) is 4. The van der Waals surface area contributed by atoms with E-state index in [-0.39, 0.29) is 29.7 Å². The molecule has 0 unspecified atom stereocenters. The van der Waals surface area contributed by atoms with Crippen LogP contribution in [0, 0.1) is 11.7 Å². The largest absolute Gasteiger partial charge is 0.354 e. The standard InChI is InChI=1S/C21H24FN5O2/c22-18-9-5-4-8-16(18)13-26-14-24-19-17(21(26)29)12-25-27(19)11-10-23-20(28)15-6-2-1-3-7-15/h4-5,8-9,12,14-15H,1-3,6-7,10-11,13H2,(H,23,28). The molecule has 2 heterocycles. The van der Waals surface area contributed by atoms with Crippen LogP contribution in [0.1, 0.15) is 37.7 Å². The molecule has 3 aromatic rings. The molecule has 8 heteroatoms. The van der Waals surface area contributed by atoms with Gasteiger partial charge in [0.15, 0.2) is 5.65 Å². The fourth-order valence-corrected chi connectivity index (χ4v) is 3.88. The fourth-order valence-electron chi connectivity index (χ4n) is 3.88. The quantitative estimate of drug-likeness (QED) is 0.693. The SMILES string of the molecule is O=C(NCCn1ncc2c(=O)n(Cc3ccccc3F)cnc21)C1CCCCC1. The van der Waals surface area contributed by atoms with E-state index >= 15 is 0 Å². The van der Waals surface area contributed by atoms with Gasteiger partial charge in [-0.05, 0) is 18.9 Å². The van der Waals surface area contributed by atoms with Gasteiger partial charge in [0, 0.05) is 18.0 Å². The van der Waals surface area contributed by atoms with Gasteiger partial charge >= 0.3 is 0 Å². The van der Waals surface area contributed by atoms with Crippen LogP contribution in [0.3, 0.4) is 0 Å². The molecule has 0 saturated heterocycles. The van der Waals surface area contributed by atoms with Gasteiger partial charge in [0.25, 0.3) is 5.56 Å². The highest BCUT2D eigenvalue weighted by Gasteiger charge is 2.20. The van der Waals surface area contributed by atoms with Crippen molar-refractivity contribution < 1.29 is 9.18 Å². The molecule has 0 radical (unpaired) electrons. The van der Waals surface area contributed by atoms with Crippen LogP contribution in [-0.2, 0) is 17.9 Å². The zero-order valence-electron chi connectivity index (χ0n) is 16.2. The van der Waals surface area contributed by atoms with E-state index in [0.717, 1.165) is 25.7 Å². The number of hydrogen-bond acceptors (Lipinski definition) is 4. The molecular weight excluding hydrogens is 373 g/mol. The van der Waals surface area contributed by atoms with Gasteiger partial charge in [-0.1, -0.05) is 37.5 Å². The van der Waals surface area contributed by atoms with Gasteiger partial charge < -0.3 is 5.32 Å². The molecule has 0 atom stereocenters. The first kappa shape index (κ1) is 19.3. The van der Waals surface area contributed by atoms with E-state index in [1.165, 1.54) is 29.6 Å². The van der Waals surface area contributed by atoms with E-state index in [2.05, 4.69) is 15.4 Å². The summed E-state index contributed by atoms with van der Waals surface area (Å²) >= 11 is 0. The Morgan fingerprint density at radius 3 is 2.79 bits per heavy atom. The average molecular weight is 397 g/mol. The van der Waals surface area contributed by atoms with E-state index in [0.29, 0.717) is 29.7 Å². The summed E-state index contributed by atoms with van der Waals surface area (Å²) in [5.74, 6) is -0.146. The number of fused-ring (bicyclic) bond motifs is 1.